The Morgan fingerprint density at radius 3 is 2.24 bits per heavy atom. The van der Waals surface area contributed by atoms with Crippen molar-refractivity contribution in [2.45, 2.75) is 56.6 Å². The number of fused-ring (bicyclic) bond motifs is 1. The lowest BCUT2D eigenvalue weighted by Gasteiger charge is -2.37. The van der Waals surface area contributed by atoms with E-state index in [1.165, 1.54) is 15.1 Å². The fourth-order valence-electron chi connectivity index (χ4n) is 3.75. The van der Waals surface area contributed by atoms with Gasteiger partial charge in [-0.2, -0.15) is 0 Å². The lowest BCUT2D eigenvalue weighted by Crippen LogP contribution is -2.44. The van der Waals surface area contributed by atoms with E-state index in [1.54, 1.807) is 30.5 Å². The van der Waals surface area contributed by atoms with Gasteiger partial charge in [-0.15, -0.1) is 0 Å². The molecule has 4 rings (SSSR count). The van der Waals surface area contributed by atoms with Crippen LogP contribution in [-0.2, 0) is 22.9 Å². The molecule has 0 amide bonds. The first-order valence-corrected chi connectivity index (χ1v) is 16.0. The molecule has 4 aromatic rings. The second-order valence-electron chi connectivity index (χ2n) is 10.3. The summed E-state index contributed by atoms with van der Waals surface area (Å²) < 4.78 is 34.1. The minimum Gasteiger partial charge on any atom is -0.543 e. The number of rotatable bonds is 7. The van der Waals surface area contributed by atoms with E-state index in [0.29, 0.717) is 5.52 Å². The van der Waals surface area contributed by atoms with Crippen molar-refractivity contribution in [2.75, 3.05) is 0 Å². The molecule has 1 heterocycles. The quantitative estimate of drug-likeness (QED) is 0.260. The highest BCUT2D eigenvalue weighted by molar-refractivity contribution is 7.90. The zero-order valence-corrected chi connectivity index (χ0v) is 22.4. The summed E-state index contributed by atoms with van der Waals surface area (Å²) in [6.07, 6.45) is 3.35. The van der Waals surface area contributed by atoms with Crippen molar-refractivity contribution in [3.05, 3.63) is 96.2 Å². The van der Waals surface area contributed by atoms with Gasteiger partial charge in [-0.1, -0.05) is 63.2 Å². The highest BCUT2D eigenvalue weighted by Crippen LogP contribution is 2.38. The van der Waals surface area contributed by atoms with Gasteiger partial charge >= 0.3 is 0 Å². The van der Waals surface area contributed by atoms with E-state index in [9.17, 15) is 8.42 Å². The van der Waals surface area contributed by atoms with Gasteiger partial charge in [0.05, 0.1) is 10.4 Å². The molecule has 0 atom stereocenters. The summed E-state index contributed by atoms with van der Waals surface area (Å²) in [7, 11) is -5.55. The molecular formula is C28H33NO3SSi. The highest BCUT2D eigenvalue weighted by Gasteiger charge is 2.39. The predicted molar refractivity (Wildman–Crippen MR) is 143 cm³/mol. The molecule has 34 heavy (non-hydrogen) atoms. The number of hydrogen-bond acceptors (Lipinski definition) is 3. The summed E-state index contributed by atoms with van der Waals surface area (Å²) in [4.78, 5) is 0.287. The van der Waals surface area contributed by atoms with Crippen LogP contribution in [0.15, 0.2) is 90.0 Å². The van der Waals surface area contributed by atoms with Gasteiger partial charge in [0.25, 0.3) is 10.0 Å². The molecule has 0 radical (unpaired) electrons. The van der Waals surface area contributed by atoms with Crippen molar-refractivity contribution in [3.8, 4) is 5.75 Å². The van der Waals surface area contributed by atoms with Crippen molar-refractivity contribution in [3.63, 3.8) is 0 Å². The summed E-state index contributed by atoms with van der Waals surface area (Å²) >= 11 is 0. The smallest absolute Gasteiger partial charge is 0.268 e. The molecule has 3 aromatic carbocycles. The van der Waals surface area contributed by atoms with E-state index in [2.05, 4.69) is 58.1 Å². The molecule has 6 heteroatoms. The Kier molecular flexibility index (Phi) is 6.49. The van der Waals surface area contributed by atoms with Crippen LogP contribution >= 0.6 is 0 Å². The van der Waals surface area contributed by atoms with E-state index in [1.807, 2.05) is 30.3 Å². The normalized spacial score (nSPS) is 12.7. The summed E-state index contributed by atoms with van der Waals surface area (Å²) in [5, 5.41) is 1.06. The third-order valence-electron chi connectivity index (χ3n) is 6.85. The van der Waals surface area contributed by atoms with E-state index in [0.717, 1.165) is 24.0 Å². The van der Waals surface area contributed by atoms with Gasteiger partial charge in [0.1, 0.15) is 5.75 Å². The number of para-hydroxylation sites is 1. The van der Waals surface area contributed by atoms with Crippen LogP contribution in [0, 0.1) is 0 Å². The second-order valence-corrected chi connectivity index (χ2v) is 16.8. The maximum Gasteiger partial charge on any atom is 0.268 e. The van der Waals surface area contributed by atoms with Crippen molar-refractivity contribution >= 4 is 29.2 Å². The summed E-state index contributed by atoms with van der Waals surface area (Å²) in [5.74, 6) is 0.982. The molecule has 0 N–H and O–H groups in total. The minimum atomic E-state index is -3.62. The monoisotopic (exact) mass is 491 g/mol. The third kappa shape index (κ3) is 4.84. The Morgan fingerprint density at radius 1 is 0.853 bits per heavy atom. The number of nitrogens with zero attached hydrogens (tertiary/aromatic N) is 1. The number of aryl methyl sites for hydroxylation is 2. The Balaban J connectivity index is 1.55. The van der Waals surface area contributed by atoms with Crippen LogP contribution in [0.2, 0.25) is 18.1 Å². The van der Waals surface area contributed by atoms with E-state index in [4.69, 9.17) is 4.43 Å². The summed E-state index contributed by atoms with van der Waals surface area (Å²) in [6, 6.07) is 24.7. The van der Waals surface area contributed by atoms with Crippen molar-refractivity contribution in [2.24, 2.45) is 0 Å². The molecule has 0 aliphatic rings. The van der Waals surface area contributed by atoms with Gasteiger partial charge in [-0.25, -0.2) is 12.4 Å². The van der Waals surface area contributed by atoms with Gasteiger partial charge in [-0.05, 0) is 78.5 Å². The molecule has 0 aliphatic carbocycles. The zero-order chi connectivity index (χ0) is 24.6. The average Bonchev–Trinajstić information content (AvgIpc) is 3.22. The topological polar surface area (TPSA) is 48.3 Å². The zero-order valence-electron chi connectivity index (χ0n) is 20.6. The molecule has 0 fully saturated rings. The lowest BCUT2D eigenvalue weighted by atomic mass is 10.0. The summed E-state index contributed by atoms with van der Waals surface area (Å²) in [6.45, 7) is 11.3. The molecule has 178 valence electrons. The maximum atomic E-state index is 13.1. The largest absolute Gasteiger partial charge is 0.543 e. The predicted octanol–water partition coefficient (Wildman–Crippen LogP) is 7.05. The molecule has 0 bridgehead atoms. The van der Waals surface area contributed by atoms with Gasteiger partial charge < -0.3 is 4.43 Å². The summed E-state index contributed by atoms with van der Waals surface area (Å²) in [5.41, 5.74) is 3.07. The first-order valence-electron chi connectivity index (χ1n) is 11.7. The Morgan fingerprint density at radius 2 is 1.53 bits per heavy atom. The third-order valence-corrected chi connectivity index (χ3v) is 12.9. The number of aromatic nitrogens is 1. The van der Waals surface area contributed by atoms with Crippen LogP contribution in [0.5, 0.6) is 5.75 Å². The Hall–Kier alpha value is -2.83. The molecule has 0 saturated heterocycles. The van der Waals surface area contributed by atoms with E-state index >= 15 is 0 Å². The second kappa shape index (κ2) is 9.08. The molecule has 4 nitrogen and oxygen atoms in total. The van der Waals surface area contributed by atoms with Crippen LogP contribution in [0.4, 0.5) is 0 Å². The maximum absolute atomic E-state index is 13.1. The van der Waals surface area contributed by atoms with E-state index < -0.39 is 18.3 Å². The molecule has 0 unspecified atom stereocenters. The molecule has 0 spiro atoms. The first-order chi connectivity index (χ1) is 16.0. The fourth-order valence-corrected chi connectivity index (χ4v) is 6.18. The van der Waals surface area contributed by atoms with Crippen molar-refractivity contribution < 1.29 is 12.8 Å². The Labute approximate surface area is 204 Å². The van der Waals surface area contributed by atoms with E-state index in [-0.39, 0.29) is 9.93 Å². The highest BCUT2D eigenvalue weighted by atomic mass is 32.2. The van der Waals surface area contributed by atoms with Crippen LogP contribution in [0.1, 0.15) is 31.9 Å². The lowest BCUT2D eigenvalue weighted by molar-refractivity contribution is 0.487. The molecule has 0 aliphatic heterocycles. The van der Waals surface area contributed by atoms with Gasteiger partial charge in [0, 0.05) is 11.6 Å². The van der Waals surface area contributed by atoms with Crippen molar-refractivity contribution in [1.29, 1.82) is 0 Å². The SMILES string of the molecule is CC(C)(C)[Si](C)(C)Oc1ccccc1CCc1ccc2c(ccn2S(=O)(=O)c2ccccc2)c1. The van der Waals surface area contributed by atoms with Gasteiger partial charge in [0.15, 0.2) is 0 Å². The standard InChI is InChI=1S/C28H33NO3SSi/c1-28(2,3)34(4,5)32-27-14-10-9-11-23(27)17-15-22-16-18-26-24(21-22)19-20-29(26)33(30,31)25-12-7-6-8-13-25/h6-14,16,18-21H,15,17H2,1-5H3. The van der Waals surface area contributed by atoms with Crippen LogP contribution in [0.25, 0.3) is 10.9 Å². The Bertz CT molecular complexity index is 1400. The molecule has 0 saturated carbocycles. The van der Waals surface area contributed by atoms with Crippen molar-refractivity contribution in [1.82, 2.24) is 3.97 Å². The van der Waals surface area contributed by atoms with Crippen LogP contribution in [-0.4, -0.2) is 20.7 Å². The van der Waals surface area contributed by atoms with Crippen LogP contribution < -0.4 is 4.43 Å². The number of benzene rings is 3. The fraction of sp³-hybridized carbons (Fsp3) is 0.286. The average molecular weight is 492 g/mol. The van der Waals surface area contributed by atoms with Gasteiger partial charge in [0.2, 0.25) is 8.32 Å². The van der Waals surface area contributed by atoms with Crippen LogP contribution in [0.3, 0.4) is 0 Å². The first kappa shape index (κ1) is 24.3. The molecule has 1 aromatic heterocycles. The minimum absolute atomic E-state index is 0.137. The number of hydrogen-bond donors (Lipinski definition) is 0. The van der Waals surface area contributed by atoms with Gasteiger partial charge in [-0.3, -0.25) is 0 Å². The molecular weight excluding hydrogens is 458 g/mol.